The van der Waals surface area contributed by atoms with Gasteiger partial charge in [0.25, 0.3) is 10.0 Å². The Morgan fingerprint density at radius 1 is 1.13 bits per heavy atom. The predicted octanol–water partition coefficient (Wildman–Crippen LogP) is 4.65. The number of anilines is 1. The second-order valence-corrected chi connectivity index (χ2v) is 8.44. The number of imidazole rings is 1. The maximum Gasteiger partial charge on any atom is 0.262 e. The van der Waals surface area contributed by atoms with E-state index in [4.69, 9.17) is 4.74 Å². The zero-order valence-electron chi connectivity index (χ0n) is 16.5. The van der Waals surface area contributed by atoms with Gasteiger partial charge in [-0.15, -0.1) is 0 Å². The van der Waals surface area contributed by atoms with Gasteiger partial charge in [0.1, 0.15) is 5.65 Å². The summed E-state index contributed by atoms with van der Waals surface area (Å²) in [5.41, 5.74) is 3.71. The Hall–Kier alpha value is -3.39. The molecule has 0 spiro atoms. The molecule has 0 amide bonds. The highest BCUT2D eigenvalue weighted by atomic mass is 32.2. The lowest BCUT2D eigenvalue weighted by molar-refractivity contribution is 0.321. The standard InChI is InChI=1S/C22H20FN3O3S/c1-3-29-21-10-9-18(13-19(21)23)30(27,28)25-17-8-4-7-16(12-17)20-14-26-11-5-6-15(2)22(26)24-20/h4-14,25H,3H2,1-2H3. The molecule has 0 aliphatic rings. The van der Waals surface area contributed by atoms with Crippen molar-refractivity contribution in [1.29, 1.82) is 0 Å². The predicted molar refractivity (Wildman–Crippen MR) is 114 cm³/mol. The molecule has 2 aromatic heterocycles. The Kier molecular flexibility index (Phi) is 5.17. The Bertz CT molecular complexity index is 1330. The van der Waals surface area contributed by atoms with Crippen LogP contribution in [0.1, 0.15) is 12.5 Å². The Balaban J connectivity index is 1.63. The first-order valence-electron chi connectivity index (χ1n) is 9.37. The fourth-order valence-corrected chi connectivity index (χ4v) is 4.23. The van der Waals surface area contributed by atoms with Crippen LogP contribution in [0.4, 0.5) is 10.1 Å². The van der Waals surface area contributed by atoms with Crippen LogP contribution in [0.15, 0.2) is 71.9 Å². The molecule has 0 bridgehead atoms. The Morgan fingerprint density at radius 2 is 1.97 bits per heavy atom. The number of rotatable bonds is 6. The van der Waals surface area contributed by atoms with Crippen LogP contribution in [-0.4, -0.2) is 24.4 Å². The van der Waals surface area contributed by atoms with Crippen molar-refractivity contribution in [3.63, 3.8) is 0 Å². The molecule has 4 aromatic rings. The van der Waals surface area contributed by atoms with Gasteiger partial charge in [-0.05, 0) is 55.8 Å². The van der Waals surface area contributed by atoms with Crippen molar-refractivity contribution in [3.05, 3.63) is 78.4 Å². The van der Waals surface area contributed by atoms with Crippen LogP contribution in [-0.2, 0) is 10.0 Å². The monoisotopic (exact) mass is 425 g/mol. The summed E-state index contributed by atoms with van der Waals surface area (Å²) in [6.07, 6.45) is 3.80. The number of aryl methyl sites for hydroxylation is 1. The molecule has 0 saturated heterocycles. The highest BCUT2D eigenvalue weighted by molar-refractivity contribution is 7.92. The summed E-state index contributed by atoms with van der Waals surface area (Å²) in [4.78, 5) is 4.46. The van der Waals surface area contributed by atoms with Crippen molar-refractivity contribution in [1.82, 2.24) is 9.38 Å². The number of ether oxygens (including phenoxy) is 1. The summed E-state index contributed by atoms with van der Waals surface area (Å²) >= 11 is 0. The molecule has 8 heteroatoms. The molecular weight excluding hydrogens is 405 g/mol. The minimum Gasteiger partial charge on any atom is -0.491 e. The average Bonchev–Trinajstić information content (AvgIpc) is 3.15. The van der Waals surface area contributed by atoms with Gasteiger partial charge in [-0.25, -0.2) is 17.8 Å². The van der Waals surface area contributed by atoms with Crippen molar-refractivity contribution in [2.24, 2.45) is 0 Å². The molecule has 0 aliphatic heterocycles. The minimum absolute atomic E-state index is 0.0144. The van der Waals surface area contributed by atoms with Gasteiger partial charge in [0.05, 0.1) is 17.2 Å². The third-order valence-corrected chi connectivity index (χ3v) is 5.98. The molecular formula is C22H20FN3O3S. The molecule has 0 unspecified atom stereocenters. The first-order valence-corrected chi connectivity index (χ1v) is 10.9. The Morgan fingerprint density at radius 3 is 2.70 bits per heavy atom. The molecule has 0 saturated carbocycles. The van der Waals surface area contributed by atoms with E-state index in [-0.39, 0.29) is 17.3 Å². The first kappa shape index (κ1) is 19.9. The maximum absolute atomic E-state index is 14.1. The van der Waals surface area contributed by atoms with Gasteiger partial charge >= 0.3 is 0 Å². The third kappa shape index (κ3) is 3.86. The number of pyridine rings is 1. The summed E-state index contributed by atoms with van der Waals surface area (Å²) in [6, 6.07) is 14.4. The number of nitrogens with one attached hydrogen (secondary N) is 1. The van der Waals surface area contributed by atoms with Crippen LogP contribution in [0.25, 0.3) is 16.9 Å². The van der Waals surface area contributed by atoms with Gasteiger partial charge in [-0.1, -0.05) is 18.2 Å². The zero-order chi connectivity index (χ0) is 21.3. The second kappa shape index (κ2) is 7.79. The molecule has 1 N–H and O–H groups in total. The minimum atomic E-state index is -3.97. The van der Waals surface area contributed by atoms with E-state index in [1.54, 1.807) is 25.1 Å². The zero-order valence-corrected chi connectivity index (χ0v) is 17.3. The fourth-order valence-electron chi connectivity index (χ4n) is 3.17. The van der Waals surface area contributed by atoms with Crippen LogP contribution in [0.3, 0.4) is 0 Å². The van der Waals surface area contributed by atoms with Crippen LogP contribution in [0.2, 0.25) is 0 Å². The van der Waals surface area contributed by atoms with E-state index in [9.17, 15) is 12.8 Å². The smallest absolute Gasteiger partial charge is 0.262 e. The molecule has 30 heavy (non-hydrogen) atoms. The van der Waals surface area contributed by atoms with Crippen LogP contribution < -0.4 is 9.46 Å². The van der Waals surface area contributed by atoms with Crippen molar-refractivity contribution < 1.29 is 17.5 Å². The van der Waals surface area contributed by atoms with Crippen LogP contribution >= 0.6 is 0 Å². The van der Waals surface area contributed by atoms with Gasteiger partial charge < -0.3 is 9.14 Å². The van der Waals surface area contributed by atoms with Crippen molar-refractivity contribution in [2.45, 2.75) is 18.7 Å². The molecule has 2 aromatic carbocycles. The molecule has 6 nitrogen and oxygen atoms in total. The van der Waals surface area contributed by atoms with Gasteiger partial charge in [0.15, 0.2) is 11.6 Å². The van der Waals surface area contributed by atoms with Gasteiger partial charge in [0.2, 0.25) is 0 Å². The SMILES string of the molecule is CCOc1ccc(S(=O)(=O)Nc2cccc(-c3cn4cccc(C)c4n3)c2)cc1F. The molecule has 2 heterocycles. The van der Waals surface area contributed by atoms with E-state index in [0.717, 1.165) is 28.5 Å². The van der Waals surface area contributed by atoms with Gasteiger partial charge in [0, 0.05) is 23.6 Å². The summed E-state index contributed by atoms with van der Waals surface area (Å²) in [5.74, 6) is -0.714. The van der Waals surface area contributed by atoms with Gasteiger partial charge in [-0.3, -0.25) is 4.72 Å². The summed E-state index contributed by atoms with van der Waals surface area (Å²) in [7, 11) is -3.97. The van der Waals surface area contributed by atoms with Crippen LogP contribution in [0.5, 0.6) is 5.75 Å². The number of hydrogen-bond acceptors (Lipinski definition) is 4. The largest absolute Gasteiger partial charge is 0.491 e. The van der Waals surface area contributed by atoms with Crippen molar-refractivity contribution >= 4 is 21.4 Å². The quantitative estimate of drug-likeness (QED) is 0.488. The number of sulfonamides is 1. The fraction of sp³-hybridized carbons (Fsp3) is 0.136. The molecule has 0 radical (unpaired) electrons. The Labute approximate surface area is 174 Å². The summed E-state index contributed by atoms with van der Waals surface area (Å²) in [5, 5.41) is 0. The van der Waals surface area contributed by atoms with E-state index in [1.165, 1.54) is 12.1 Å². The van der Waals surface area contributed by atoms with E-state index in [0.29, 0.717) is 5.69 Å². The second-order valence-electron chi connectivity index (χ2n) is 6.76. The molecule has 4 rings (SSSR count). The lowest BCUT2D eigenvalue weighted by Crippen LogP contribution is -2.13. The number of fused-ring (bicyclic) bond motifs is 1. The number of hydrogen-bond donors (Lipinski definition) is 1. The van der Waals surface area contributed by atoms with Crippen molar-refractivity contribution in [2.75, 3.05) is 11.3 Å². The number of halogens is 1. The summed E-state index contributed by atoms with van der Waals surface area (Å²) in [6.45, 7) is 3.99. The van der Waals surface area contributed by atoms with E-state index in [2.05, 4.69) is 9.71 Å². The van der Waals surface area contributed by atoms with E-state index in [1.807, 2.05) is 41.9 Å². The maximum atomic E-state index is 14.1. The highest BCUT2D eigenvalue weighted by Gasteiger charge is 2.17. The highest BCUT2D eigenvalue weighted by Crippen LogP contribution is 2.26. The molecule has 0 fully saturated rings. The molecule has 0 aliphatic carbocycles. The lowest BCUT2D eigenvalue weighted by Gasteiger charge is -2.10. The molecule has 0 atom stereocenters. The van der Waals surface area contributed by atoms with Gasteiger partial charge in [-0.2, -0.15) is 0 Å². The first-order chi connectivity index (χ1) is 14.4. The van der Waals surface area contributed by atoms with Crippen LogP contribution in [0, 0.1) is 12.7 Å². The normalized spacial score (nSPS) is 11.6. The topological polar surface area (TPSA) is 72.7 Å². The summed E-state index contributed by atoms with van der Waals surface area (Å²) < 4.78 is 49.1. The number of nitrogens with zero attached hydrogens (tertiary/aromatic N) is 2. The number of aromatic nitrogens is 2. The lowest BCUT2D eigenvalue weighted by atomic mass is 10.1. The average molecular weight is 425 g/mol. The third-order valence-electron chi connectivity index (χ3n) is 4.60. The number of benzene rings is 2. The van der Waals surface area contributed by atoms with Crippen molar-refractivity contribution in [3.8, 4) is 17.0 Å². The van der Waals surface area contributed by atoms with E-state index >= 15 is 0 Å². The van der Waals surface area contributed by atoms with E-state index < -0.39 is 15.8 Å². The molecule has 154 valence electrons.